The molecule has 1 aromatic carbocycles. The Bertz CT molecular complexity index is 525. The molecule has 6 nitrogen and oxygen atoms in total. The van der Waals surface area contributed by atoms with Crippen LogP contribution in [0.2, 0.25) is 0 Å². The van der Waals surface area contributed by atoms with Crippen LogP contribution in [0.4, 0.5) is 5.69 Å². The third kappa shape index (κ3) is 3.66. The van der Waals surface area contributed by atoms with E-state index in [-0.39, 0.29) is 18.0 Å². The number of ether oxygens (including phenoxy) is 1. The number of nitrogens with zero attached hydrogens (tertiary/aromatic N) is 2. The molecule has 0 spiro atoms. The van der Waals surface area contributed by atoms with Gasteiger partial charge in [0.1, 0.15) is 12.6 Å². The van der Waals surface area contributed by atoms with Crippen LogP contribution in [-0.2, 0) is 0 Å². The molecule has 1 saturated carbocycles. The van der Waals surface area contributed by atoms with E-state index in [9.17, 15) is 10.1 Å². The highest BCUT2D eigenvalue weighted by molar-refractivity contribution is 9.10. The van der Waals surface area contributed by atoms with Gasteiger partial charge in [0, 0.05) is 12.1 Å². The zero-order valence-corrected chi connectivity index (χ0v) is 11.6. The lowest BCUT2D eigenvalue weighted by atomic mass is 10.3. The van der Waals surface area contributed by atoms with Crippen molar-refractivity contribution in [2.24, 2.45) is 0 Å². The molecule has 1 aromatic rings. The van der Waals surface area contributed by atoms with Crippen molar-refractivity contribution in [3.8, 4) is 11.8 Å². The second-order valence-electron chi connectivity index (χ2n) is 4.28. The number of hydrogen-bond donors (Lipinski definition) is 1. The molecule has 1 unspecified atom stereocenters. The Morgan fingerprint density at radius 1 is 1.63 bits per heavy atom. The summed E-state index contributed by atoms with van der Waals surface area (Å²) in [6, 6.07) is 6.61. The third-order valence-electron chi connectivity index (χ3n) is 2.71. The minimum Gasteiger partial charge on any atom is -0.483 e. The van der Waals surface area contributed by atoms with Gasteiger partial charge in [-0.1, -0.05) is 6.07 Å². The van der Waals surface area contributed by atoms with Crippen LogP contribution in [0.15, 0.2) is 22.7 Å². The van der Waals surface area contributed by atoms with Crippen LogP contribution in [-0.4, -0.2) is 23.6 Å². The molecule has 1 atom stereocenters. The van der Waals surface area contributed by atoms with Crippen molar-refractivity contribution in [1.82, 2.24) is 5.32 Å². The zero-order valence-electron chi connectivity index (χ0n) is 10.0. The molecule has 1 N–H and O–H groups in total. The summed E-state index contributed by atoms with van der Waals surface area (Å²) in [5.74, 6) is 0.158. The van der Waals surface area contributed by atoms with Crippen molar-refractivity contribution in [3.63, 3.8) is 0 Å². The molecule has 0 aliphatic heterocycles. The lowest BCUT2D eigenvalue weighted by Crippen LogP contribution is -2.34. The van der Waals surface area contributed by atoms with Crippen LogP contribution in [0.3, 0.4) is 0 Å². The van der Waals surface area contributed by atoms with Crippen molar-refractivity contribution in [2.45, 2.75) is 24.9 Å². The maximum Gasteiger partial charge on any atom is 0.312 e. The Hall–Kier alpha value is -1.65. The molecule has 0 aromatic heterocycles. The predicted octanol–water partition coefficient (Wildman–Crippen LogP) is 2.38. The molecular formula is C12H12BrN3O3. The number of halogens is 1. The smallest absolute Gasteiger partial charge is 0.312 e. The SMILES string of the molecule is N#CC(COc1c(Br)cccc1[N+](=O)[O-])NC1CC1. The molecular weight excluding hydrogens is 314 g/mol. The van der Waals surface area contributed by atoms with Gasteiger partial charge in [-0.05, 0) is 34.8 Å². The predicted molar refractivity (Wildman–Crippen MR) is 71.9 cm³/mol. The minimum absolute atomic E-state index is 0.0798. The fourth-order valence-electron chi connectivity index (χ4n) is 1.61. The van der Waals surface area contributed by atoms with Crippen LogP contribution in [0, 0.1) is 21.4 Å². The first-order valence-electron chi connectivity index (χ1n) is 5.83. The molecule has 2 rings (SSSR count). The monoisotopic (exact) mass is 325 g/mol. The maximum absolute atomic E-state index is 10.9. The Kier molecular flexibility index (Phi) is 4.35. The van der Waals surface area contributed by atoms with Crippen molar-refractivity contribution < 1.29 is 9.66 Å². The molecule has 0 radical (unpaired) electrons. The number of para-hydroxylation sites is 1. The van der Waals surface area contributed by atoms with E-state index in [2.05, 4.69) is 27.3 Å². The molecule has 7 heteroatoms. The van der Waals surface area contributed by atoms with Gasteiger partial charge in [0.05, 0.1) is 15.5 Å². The van der Waals surface area contributed by atoms with E-state index in [4.69, 9.17) is 10.00 Å². The van der Waals surface area contributed by atoms with Crippen molar-refractivity contribution >= 4 is 21.6 Å². The molecule has 0 bridgehead atoms. The summed E-state index contributed by atoms with van der Waals surface area (Å²) in [6.45, 7) is 0.0798. The lowest BCUT2D eigenvalue weighted by molar-refractivity contribution is -0.386. The van der Waals surface area contributed by atoms with Gasteiger partial charge in [-0.25, -0.2) is 0 Å². The van der Waals surface area contributed by atoms with E-state index in [1.807, 2.05) is 0 Å². The van der Waals surface area contributed by atoms with Crippen molar-refractivity contribution in [3.05, 3.63) is 32.8 Å². The van der Waals surface area contributed by atoms with Crippen LogP contribution < -0.4 is 10.1 Å². The number of rotatable bonds is 6. The normalized spacial score (nSPS) is 15.6. The van der Waals surface area contributed by atoms with Crippen LogP contribution in [0.25, 0.3) is 0 Å². The number of nitrogens with one attached hydrogen (secondary N) is 1. The summed E-state index contributed by atoms with van der Waals surface area (Å²) >= 11 is 3.22. The largest absolute Gasteiger partial charge is 0.483 e. The average Bonchev–Trinajstić information content (AvgIpc) is 3.19. The molecule has 0 saturated heterocycles. The van der Waals surface area contributed by atoms with Gasteiger partial charge >= 0.3 is 5.69 Å². The molecule has 1 aliphatic carbocycles. The molecule has 1 fully saturated rings. The Labute approximate surface area is 118 Å². The summed E-state index contributed by atoms with van der Waals surface area (Å²) in [7, 11) is 0. The summed E-state index contributed by atoms with van der Waals surface area (Å²) in [6.07, 6.45) is 2.13. The Morgan fingerprint density at radius 2 is 2.37 bits per heavy atom. The number of hydrogen-bond acceptors (Lipinski definition) is 5. The molecule has 0 amide bonds. The van der Waals surface area contributed by atoms with Gasteiger partial charge in [0.15, 0.2) is 0 Å². The Balaban J connectivity index is 2.05. The Morgan fingerprint density at radius 3 is 2.95 bits per heavy atom. The van der Waals surface area contributed by atoms with Crippen LogP contribution in [0.1, 0.15) is 12.8 Å². The highest BCUT2D eigenvalue weighted by Crippen LogP contribution is 2.34. The third-order valence-corrected chi connectivity index (χ3v) is 3.33. The average molecular weight is 326 g/mol. The van der Waals surface area contributed by atoms with E-state index in [1.165, 1.54) is 6.07 Å². The summed E-state index contributed by atoms with van der Waals surface area (Å²) in [5.41, 5.74) is -0.113. The highest BCUT2D eigenvalue weighted by Gasteiger charge is 2.26. The summed E-state index contributed by atoms with van der Waals surface area (Å²) in [5, 5.41) is 23.0. The lowest BCUT2D eigenvalue weighted by Gasteiger charge is -2.13. The molecule has 19 heavy (non-hydrogen) atoms. The van der Waals surface area contributed by atoms with Gasteiger partial charge in [-0.2, -0.15) is 5.26 Å². The summed E-state index contributed by atoms with van der Waals surface area (Å²) in [4.78, 5) is 10.4. The molecule has 100 valence electrons. The standard InChI is InChI=1S/C12H12BrN3O3/c13-10-2-1-3-11(16(17)18)12(10)19-7-9(6-14)15-8-4-5-8/h1-3,8-9,15H,4-5,7H2. The number of benzene rings is 1. The van der Waals surface area contributed by atoms with Gasteiger partial charge in [-0.3, -0.25) is 15.4 Å². The van der Waals surface area contributed by atoms with Crippen LogP contribution in [0.5, 0.6) is 5.75 Å². The van der Waals surface area contributed by atoms with E-state index >= 15 is 0 Å². The zero-order chi connectivity index (χ0) is 13.8. The fraction of sp³-hybridized carbons (Fsp3) is 0.417. The van der Waals surface area contributed by atoms with E-state index < -0.39 is 11.0 Å². The second-order valence-corrected chi connectivity index (χ2v) is 5.13. The first kappa shape index (κ1) is 13.8. The van der Waals surface area contributed by atoms with Crippen molar-refractivity contribution in [2.75, 3.05) is 6.61 Å². The number of nitro benzene ring substituents is 1. The highest BCUT2D eigenvalue weighted by atomic mass is 79.9. The topological polar surface area (TPSA) is 88.2 Å². The summed E-state index contributed by atoms with van der Waals surface area (Å²) < 4.78 is 5.94. The van der Waals surface area contributed by atoms with Gasteiger partial charge in [0.25, 0.3) is 0 Å². The van der Waals surface area contributed by atoms with Gasteiger partial charge < -0.3 is 4.74 Å². The fourth-order valence-corrected chi connectivity index (χ4v) is 2.08. The van der Waals surface area contributed by atoms with Gasteiger partial charge in [-0.15, -0.1) is 0 Å². The first-order chi connectivity index (χ1) is 9.11. The van der Waals surface area contributed by atoms with Gasteiger partial charge in [0.2, 0.25) is 5.75 Å². The quantitative estimate of drug-likeness (QED) is 0.640. The van der Waals surface area contributed by atoms with Crippen LogP contribution >= 0.6 is 15.9 Å². The number of nitriles is 1. The minimum atomic E-state index is -0.504. The number of nitro groups is 1. The first-order valence-corrected chi connectivity index (χ1v) is 6.62. The van der Waals surface area contributed by atoms with E-state index in [0.29, 0.717) is 10.5 Å². The maximum atomic E-state index is 10.9. The molecule has 0 heterocycles. The second kappa shape index (κ2) is 5.99. The van der Waals surface area contributed by atoms with Crippen molar-refractivity contribution in [1.29, 1.82) is 5.26 Å². The molecule has 1 aliphatic rings. The van der Waals surface area contributed by atoms with E-state index in [0.717, 1.165) is 12.8 Å². The van der Waals surface area contributed by atoms with E-state index in [1.54, 1.807) is 12.1 Å².